The Morgan fingerprint density at radius 3 is 2.63 bits per heavy atom. The van der Waals surface area contributed by atoms with Crippen molar-refractivity contribution in [1.29, 1.82) is 0 Å². The first-order valence-electron chi connectivity index (χ1n) is 7.60. The largest absolute Gasteiger partial charge is 0.396 e. The van der Waals surface area contributed by atoms with E-state index < -0.39 is 0 Å². The topological polar surface area (TPSA) is 23.5 Å². The van der Waals surface area contributed by atoms with Crippen molar-refractivity contribution in [1.82, 2.24) is 0 Å². The van der Waals surface area contributed by atoms with Gasteiger partial charge in [0.1, 0.15) is 0 Å². The van der Waals surface area contributed by atoms with Gasteiger partial charge in [-0.3, -0.25) is 0 Å². The number of hydrogen-bond donors (Lipinski definition) is 1. The van der Waals surface area contributed by atoms with Gasteiger partial charge in [0.2, 0.25) is 0 Å². The lowest BCUT2D eigenvalue weighted by Crippen LogP contribution is -2.43. The molecule has 2 unspecified atom stereocenters. The summed E-state index contributed by atoms with van der Waals surface area (Å²) in [5.74, 6) is 0.746. The average molecular weight is 261 g/mol. The molecule has 0 saturated heterocycles. The van der Waals surface area contributed by atoms with E-state index in [1.807, 2.05) is 0 Å². The van der Waals surface area contributed by atoms with Gasteiger partial charge in [0, 0.05) is 24.2 Å². The molecule has 2 rings (SSSR count). The predicted molar refractivity (Wildman–Crippen MR) is 81.5 cm³/mol. The zero-order valence-electron chi connectivity index (χ0n) is 12.3. The molecule has 2 heteroatoms. The van der Waals surface area contributed by atoms with Gasteiger partial charge in [-0.05, 0) is 37.8 Å². The van der Waals surface area contributed by atoms with E-state index in [0.29, 0.717) is 6.61 Å². The Bertz CT molecular complexity index is 378. The van der Waals surface area contributed by atoms with Crippen LogP contribution in [0.4, 0.5) is 5.69 Å². The molecule has 1 saturated carbocycles. The molecule has 0 radical (unpaired) electrons. The minimum Gasteiger partial charge on any atom is -0.396 e. The third kappa shape index (κ3) is 3.50. The third-order valence-electron chi connectivity index (χ3n) is 4.55. The summed E-state index contributed by atoms with van der Waals surface area (Å²) in [6, 6.07) is 10.6. The Balaban J connectivity index is 2.11. The molecular weight excluding hydrogens is 234 g/mol. The summed E-state index contributed by atoms with van der Waals surface area (Å²) in [7, 11) is 0. The fourth-order valence-corrected chi connectivity index (χ4v) is 3.54. The van der Waals surface area contributed by atoms with E-state index in [1.54, 1.807) is 0 Å². The van der Waals surface area contributed by atoms with Crippen molar-refractivity contribution in [2.24, 2.45) is 11.3 Å². The van der Waals surface area contributed by atoms with Gasteiger partial charge in [0.25, 0.3) is 0 Å². The molecule has 0 amide bonds. The maximum absolute atomic E-state index is 9.92. The van der Waals surface area contributed by atoms with E-state index in [0.717, 1.165) is 31.8 Å². The molecular formula is C17H27NO. The van der Waals surface area contributed by atoms with Gasteiger partial charge in [0.05, 0.1) is 6.61 Å². The van der Waals surface area contributed by atoms with Crippen molar-refractivity contribution in [3.8, 4) is 0 Å². The van der Waals surface area contributed by atoms with E-state index in [1.165, 1.54) is 18.5 Å². The zero-order valence-corrected chi connectivity index (χ0v) is 12.3. The van der Waals surface area contributed by atoms with Crippen molar-refractivity contribution in [2.45, 2.75) is 39.5 Å². The number of aliphatic hydroxyl groups is 1. The molecule has 1 aliphatic carbocycles. The molecule has 0 spiro atoms. The second kappa shape index (κ2) is 6.42. The van der Waals surface area contributed by atoms with Crippen LogP contribution in [0.3, 0.4) is 0 Å². The van der Waals surface area contributed by atoms with Crippen LogP contribution in [-0.2, 0) is 0 Å². The summed E-state index contributed by atoms with van der Waals surface area (Å²) in [6.45, 7) is 6.82. The SMILES string of the molecule is CCN(CC1(CO)CCCC(C)C1)c1ccccc1. The maximum atomic E-state index is 9.92. The molecule has 2 atom stereocenters. The first kappa shape index (κ1) is 14.4. The summed E-state index contributed by atoms with van der Waals surface area (Å²) in [4.78, 5) is 2.41. The van der Waals surface area contributed by atoms with Gasteiger partial charge in [0.15, 0.2) is 0 Å². The number of rotatable bonds is 5. The normalized spacial score (nSPS) is 27.2. The van der Waals surface area contributed by atoms with E-state index in [4.69, 9.17) is 0 Å². The van der Waals surface area contributed by atoms with Gasteiger partial charge in [-0.15, -0.1) is 0 Å². The molecule has 106 valence electrons. The zero-order chi connectivity index (χ0) is 13.7. The van der Waals surface area contributed by atoms with Crippen molar-refractivity contribution in [2.75, 3.05) is 24.6 Å². The second-order valence-corrected chi connectivity index (χ2v) is 6.21. The molecule has 19 heavy (non-hydrogen) atoms. The van der Waals surface area contributed by atoms with Crippen LogP contribution in [0.5, 0.6) is 0 Å². The highest BCUT2D eigenvalue weighted by molar-refractivity contribution is 5.46. The monoisotopic (exact) mass is 261 g/mol. The summed E-state index contributed by atoms with van der Waals surface area (Å²) in [5, 5.41) is 9.92. The Labute approximate surface area is 117 Å². The number of nitrogens with zero attached hydrogens (tertiary/aromatic N) is 1. The maximum Gasteiger partial charge on any atom is 0.0504 e. The highest BCUT2D eigenvalue weighted by Crippen LogP contribution is 2.40. The Morgan fingerprint density at radius 2 is 2.05 bits per heavy atom. The lowest BCUT2D eigenvalue weighted by Gasteiger charge is -2.42. The Morgan fingerprint density at radius 1 is 1.32 bits per heavy atom. The third-order valence-corrected chi connectivity index (χ3v) is 4.55. The van der Waals surface area contributed by atoms with E-state index in [9.17, 15) is 5.11 Å². The summed E-state index contributed by atoms with van der Waals surface area (Å²) >= 11 is 0. The molecule has 0 heterocycles. The van der Waals surface area contributed by atoms with Gasteiger partial charge in [-0.2, -0.15) is 0 Å². The van der Waals surface area contributed by atoms with Crippen LogP contribution in [0.2, 0.25) is 0 Å². The van der Waals surface area contributed by atoms with Crippen LogP contribution < -0.4 is 4.90 Å². The summed E-state index contributed by atoms with van der Waals surface area (Å²) in [5.41, 5.74) is 1.37. The predicted octanol–water partition coefficient (Wildman–Crippen LogP) is 3.70. The van der Waals surface area contributed by atoms with Crippen LogP contribution in [0.15, 0.2) is 30.3 Å². The van der Waals surface area contributed by atoms with Crippen molar-refractivity contribution in [3.63, 3.8) is 0 Å². The van der Waals surface area contributed by atoms with Gasteiger partial charge in [-0.25, -0.2) is 0 Å². The van der Waals surface area contributed by atoms with Crippen LogP contribution in [0.25, 0.3) is 0 Å². The van der Waals surface area contributed by atoms with E-state index >= 15 is 0 Å². The summed E-state index contributed by atoms with van der Waals surface area (Å²) in [6.07, 6.45) is 4.90. The summed E-state index contributed by atoms with van der Waals surface area (Å²) < 4.78 is 0. The van der Waals surface area contributed by atoms with Gasteiger partial charge >= 0.3 is 0 Å². The smallest absolute Gasteiger partial charge is 0.0504 e. The second-order valence-electron chi connectivity index (χ2n) is 6.21. The first-order valence-corrected chi connectivity index (χ1v) is 7.60. The molecule has 1 aromatic rings. The van der Waals surface area contributed by atoms with Crippen molar-refractivity contribution >= 4 is 5.69 Å². The fourth-order valence-electron chi connectivity index (χ4n) is 3.54. The number of aliphatic hydroxyl groups excluding tert-OH is 1. The van der Waals surface area contributed by atoms with Crippen LogP contribution in [0.1, 0.15) is 39.5 Å². The number of para-hydroxylation sites is 1. The fraction of sp³-hybridized carbons (Fsp3) is 0.647. The van der Waals surface area contributed by atoms with Gasteiger partial charge in [-0.1, -0.05) is 38.0 Å². The average Bonchev–Trinajstić information content (AvgIpc) is 2.46. The van der Waals surface area contributed by atoms with Crippen LogP contribution >= 0.6 is 0 Å². The molecule has 1 aliphatic rings. The molecule has 0 aliphatic heterocycles. The van der Waals surface area contributed by atoms with E-state index in [2.05, 4.69) is 49.1 Å². The minimum atomic E-state index is 0.101. The molecule has 0 aromatic heterocycles. The number of anilines is 1. The highest BCUT2D eigenvalue weighted by atomic mass is 16.3. The molecule has 2 nitrogen and oxygen atoms in total. The lowest BCUT2D eigenvalue weighted by molar-refractivity contribution is 0.0668. The van der Waals surface area contributed by atoms with Crippen LogP contribution in [-0.4, -0.2) is 24.8 Å². The van der Waals surface area contributed by atoms with E-state index in [-0.39, 0.29) is 5.41 Å². The number of hydrogen-bond acceptors (Lipinski definition) is 2. The Kier molecular flexibility index (Phi) is 4.87. The lowest BCUT2D eigenvalue weighted by atomic mass is 9.70. The van der Waals surface area contributed by atoms with Crippen molar-refractivity contribution < 1.29 is 5.11 Å². The molecule has 1 fully saturated rings. The molecule has 1 aromatic carbocycles. The Hall–Kier alpha value is -1.02. The quantitative estimate of drug-likeness (QED) is 0.873. The van der Waals surface area contributed by atoms with Crippen molar-refractivity contribution in [3.05, 3.63) is 30.3 Å². The minimum absolute atomic E-state index is 0.101. The highest BCUT2D eigenvalue weighted by Gasteiger charge is 2.35. The first-order chi connectivity index (χ1) is 9.19. The standard InChI is InChI=1S/C17H27NO/c1-3-18(16-9-5-4-6-10-16)13-17(14-19)11-7-8-15(2)12-17/h4-6,9-10,15,19H,3,7-8,11-14H2,1-2H3. The molecule has 1 N–H and O–H groups in total. The number of benzene rings is 1. The van der Waals surface area contributed by atoms with Crippen LogP contribution in [0, 0.1) is 11.3 Å². The molecule has 0 bridgehead atoms. The van der Waals surface area contributed by atoms with Gasteiger partial charge < -0.3 is 10.0 Å².